The van der Waals surface area contributed by atoms with Gasteiger partial charge in [-0.2, -0.15) is 11.8 Å². The lowest BCUT2D eigenvalue weighted by molar-refractivity contribution is -0.158. The standard InChI is InChI=1S/C20H24N2O5S/c1-11(2)16(20(26)27-3)21-10-12(28-4)9-15(19(21)25)22-17(23)13-7-5-6-8-14(13)18(22)24/h5-8,11-12,15-16H,9-10H2,1-4H3/t12-,15-,16-/m0/s1. The number of ether oxygens (including phenoxy) is 1. The van der Waals surface area contributed by atoms with Gasteiger partial charge in [-0.1, -0.05) is 26.0 Å². The first kappa shape index (κ1) is 20.4. The highest BCUT2D eigenvalue weighted by Crippen LogP contribution is 2.33. The molecule has 3 atom stereocenters. The van der Waals surface area contributed by atoms with Crippen LogP contribution in [0.3, 0.4) is 0 Å². The lowest BCUT2D eigenvalue weighted by Gasteiger charge is -2.43. The molecule has 28 heavy (non-hydrogen) atoms. The third-order valence-electron chi connectivity index (χ3n) is 5.34. The number of imide groups is 1. The Morgan fingerprint density at radius 1 is 1.14 bits per heavy atom. The Balaban J connectivity index is 1.97. The number of fused-ring (bicyclic) bond motifs is 1. The number of nitrogens with zero attached hydrogens (tertiary/aromatic N) is 2. The molecular formula is C20H24N2O5S. The van der Waals surface area contributed by atoms with Crippen LogP contribution in [0.15, 0.2) is 24.3 Å². The van der Waals surface area contributed by atoms with Gasteiger partial charge >= 0.3 is 5.97 Å². The molecule has 0 radical (unpaired) electrons. The molecule has 1 saturated heterocycles. The Kier molecular flexibility index (Phi) is 5.79. The highest BCUT2D eigenvalue weighted by molar-refractivity contribution is 7.99. The fourth-order valence-electron chi connectivity index (χ4n) is 3.93. The summed E-state index contributed by atoms with van der Waals surface area (Å²) in [6, 6.07) is 4.89. The van der Waals surface area contributed by atoms with Crippen molar-refractivity contribution >= 4 is 35.5 Å². The van der Waals surface area contributed by atoms with Gasteiger partial charge in [-0.25, -0.2) is 4.79 Å². The van der Waals surface area contributed by atoms with Gasteiger partial charge in [0.05, 0.1) is 18.2 Å². The van der Waals surface area contributed by atoms with Gasteiger partial charge in [-0.05, 0) is 30.7 Å². The zero-order valence-electron chi connectivity index (χ0n) is 16.4. The summed E-state index contributed by atoms with van der Waals surface area (Å²) in [5, 5.41) is -0.00193. The third kappa shape index (κ3) is 3.30. The highest BCUT2D eigenvalue weighted by atomic mass is 32.2. The van der Waals surface area contributed by atoms with Gasteiger partial charge in [0.15, 0.2) is 0 Å². The number of methoxy groups -OCH3 is 1. The van der Waals surface area contributed by atoms with Crippen LogP contribution < -0.4 is 0 Å². The van der Waals surface area contributed by atoms with E-state index in [0.717, 1.165) is 4.90 Å². The summed E-state index contributed by atoms with van der Waals surface area (Å²) >= 11 is 1.55. The van der Waals surface area contributed by atoms with Crippen molar-refractivity contribution in [2.45, 2.75) is 37.6 Å². The molecular weight excluding hydrogens is 380 g/mol. The fourth-order valence-corrected chi connectivity index (χ4v) is 4.62. The molecule has 0 aliphatic carbocycles. The number of hydrogen-bond acceptors (Lipinski definition) is 6. The molecule has 1 fully saturated rings. The smallest absolute Gasteiger partial charge is 0.328 e. The molecule has 0 saturated carbocycles. The number of benzene rings is 1. The summed E-state index contributed by atoms with van der Waals surface area (Å²) in [5.74, 6) is -1.96. The SMILES string of the molecule is COC(=O)[C@H](C(C)C)N1C[C@@H](SC)C[C@H](N2C(=O)c3ccccc3C2=O)C1=O. The Morgan fingerprint density at radius 3 is 2.18 bits per heavy atom. The van der Waals surface area contributed by atoms with Crippen molar-refractivity contribution in [2.75, 3.05) is 19.9 Å². The molecule has 3 amide bonds. The Bertz CT molecular complexity index is 790. The van der Waals surface area contributed by atoms with E-state index in [1.807, 2.05) is 20.1 Å². The average Bonchev–Trinajstić information content (AvgIpc) is 2.94. The quantitative estimate of drug-likeness (QED) is 0.550. The molecule has 2 heterocycles. The summed E-state index contributed by atoms with van der Waals surface area (Å²) in [6.07, 6.45) is 2.29. The largest absolute Gasteiger partial charge is 0.467 e. The van der Waals surface area contributed by atoms with Crippen molar-refractivity contribution in [3.63, 3.8) is 0 Å². The minimum Gasteiger partial charge on any atom is -0.467 e. The molecule has 2 aliphatic heterocycles. The number of hydrogen-bond donors (Lipinski definition) is 0. The van der Waals surface area contributed by atoms with Crippen LogP contribution in [-0.4, -0.2) is 70.7 Å². The van der Waals surface area contributed by atoms with Gasteiger partial charge in [0.1, 0.15) is 12.1 Å². The number of esters is 1. The fraction of sp³-hybridized carbons (Fsp3) is 0.500. The predicted octanol–water partition coefficient (Wildman–Crippen LogP) is 1.81. The zero-order valence-corrected chi connectivity index (χ0v) is 17.2. The predicted molar refractivity (Wildman–Crippen MR) is 105 cm³/mol. The monoisotopic (exact) mass is 404 g/mol. The minimum atomic E-state index is -0.926. The summed E-state index contributed by atoms with van der Waals surface area (Å²) in [6.45, 7) is 4.06. The summed E-state index contributed by atoms with van der Waals surface area (Å²) < 4.78 is 4.91. The molecule has 0 N–H and O–H groups in total. The topological polar surface area (TPSA) is 84.0 Å². The van der Waals surface area contributed by atoms with Crippen LogP contribution in [0.25, 0.3) is 0 Å². The first-order valence-corrected chi connectivity index (χ1v) is 10.5. The number of rotatable bonds is 5. The van der Waals surface area contributed by atoms with Crippen molar-refractivity contribution in [2.24, 2.45) is 5.92 Å². The van der Waals surface area contributed by atoms with Crippen LogP contribution in [0.1, 0.15) is 41.0 Å². The minimum absolute atomic E-state index is 0.00193. The molecule has 1 aromatic rings. The summed E-state index contributed by atoms with van der Waals surface area (Å²) in [7, 11) is 1.29. The van der Waals surface area contributed by atoms with Crippen LogP contribution >= 0.6 is 11.8 Å². The van der Waals surface area contributed by atoms with Crippen molar-refractivity contribution < 1.29 is 23.9 Å². The number of piperidine rings is 1. The second-order valence-corrected chi connectivity index (χ2v) is 8.48. The second kappa shape index (κ2) is 7.95. The zero-order chi connectivity index (χ0) is 20.6. The molecule has 0 spiro atoms. The molecule has 0 bridgehead atoms. The first-order chi connectivity index (χ1) is 13.3. The van der Waals surface area contributed by atoms with Gasteiger partial charge in [-0.15, -0.1) is 0 Å². The summed E-state index contributed by atoms with van der Waals surface area (Å²) in [4.78, 5) is 54.0. The van der Waals surface area contributed by atoms with Crippen molar-refractivity contribution in [3.05, 3.63) is 35.4 Å². The highest BCUT2D eigenvalue weighted by Gasteiger charge is 2.49. The molecule has 7 nitrogen and oxygen atoms in total. The number of amides is 3. The van der Waals surface area contributed by atoms with Crippen molar-refractivity contribution in [1.29, 1.82) is 0 Å². The van der Waals surface area contributed by atoms with E-state index in [0.29, 0.717) is 24.1 Å². The Labute approximate surface area is 168 Å². The average molecular weight is 404 g/mol. The van der Waals surface area contributed by atoms with Crippen LogP contribution in [0.4, 0.5) is 0 Å². The Hall–Kier alpha value is -2.35. The molecule has 2 aliphatic rings. The van der Waals surface area contributed by atoms with Gasteiger partial charge in [-0.3, -0.25) is 19.3 Å². The Morgan fingerprint density at radius 2 is 1.71 bits per heavy atom. The number of carbonyl (C=O) groups is 4. The second-order valence-electron chi connectivity index (χ2n) is 7.34. The van der Waals surface area contributed by atoms with Gasteiger partial charge in [0.25, 0.3) is 11.8 Å². The van der Waals surface area contributed by atoms with Gasteiger partial charge < -0.3 is 9.64 Å². The van der Waals surface area contributed by atoms with Crippen LogP contribution in [0, 0.1) is 5.92 Å². The summed E-state index contributed by atoms with van der Waals surface area (Å²) in [5.41, 5.74) is 0.623. The molecule has 0 aromatic heterocycles. The van der Waals surface area contributed by atoms with Crippen LogP contribution in [0.2, 0.25) is 0 Å². The molecule has 0 unspecified atom stereocenters. The number of likely N-dealkylation sites (tertiary alicyclic amines) is 1. The van der Waals surface area contributed by atoms with E-state index < -0.39 is 29.9 Å². The van der Waals surface area contributed by atoms with E-state index >= 15 is 0 Å². The van der Waals surface area contributed by atoms with E-state index in [2.05, 4.69) is 0 Å². The molecule has 3 rings (SSSR count). The third-order valence-corrected chi connectivity index (χ3v) is 6.34. The lowest BCUT2D eigenvalue weighted by atomic mass is 9.95. The van der Waals surface area contributed by atoms with E-state index in [-0.39, 0.29) is 17.1 Å². The number of carbonyl (C=O) groups excluding carboxylic acids is 4. The van der Waals surface area contributed by atoms with Crippen molar-refractivity contribution in [1.82, 2.24) is 9.80 Å². The molecule has 150 valence electrons. The van der Waals surface area contributed by atoms with Crippen LogP contribution in [0.5, 0.6) is 0 Å². The maximum absolute atomic E-state index is 13.3. The van der Waals surface area contributed by atoms with Gasteiger partial charge in [0, 0.05) is 11.8 Å². The van der Waals surface area contributed by atoms with E-state index in [4.69, 9.17) is 4.74 Å². The van der Waals surface area contributed by atoms with E-state index in [1.54, 1.807) is 36.0 Å². The molecule has 8 heteroatoms. The maximum Gasteiger partial charge on any atom is 0.328 e. The molecule has 1 aromatic carbocycles. The first-order valence-electron chi connectivity index (χ1n) is 9.19. The van der Waals surface area contributed by atoms with Crippen molar-refractivity contribution in [3.8, 4) is 0 Å². The number of thioether (sulfide) groups is 1. The van der Waals surface area contributed by atoms with Crippen LogP contribution in [-0.2, 0) is 14.3 Å². The maximum atomic E-state index is 13.3. The van der Waals surface area contributed by atoms with Gasteiger partial charge in [0.2, 0.25) is 5.91 Å². The van der Waals surface area contributed by atoms with E-state index in [9.17, 15) is 19.2 Å². The van der Waals surface area contributed by atoms with E-state index in [1.165, 1.54) is 12.0 Å². The normalized spacial score (nSPS) is 23.2. The lowest BCUT2D eigenvalue weighted by Crippen LogP contribution is -2.62.